The molecule has 1 atom stereocenters. The van der Waals surface area contributed by atoms with Gasteiger partial charge in [0.2, 0.25) is 0 Å². The van der Waals surface area contributed by atoms with Crippen molar-refractivity contribution >= 4 is 39.0 Å². The van der Waals surface area contributed by atoms with Crippen LogP contribution in [-0.4, -0.2) is 33.1 Å². The van der Waals surface area contributed by atoms with Gasteiger partial charge in [-0.3, -0.25) is 4.79 Å². The highest BCUT2D eigenvalue weighted by Gasteiger charge is 2.12. The summed E-state index contributed by atoms with van der Waals surface area (Å²) in [6.45, 7) is 3.36. The predicted octanol–water partition coefficient (Wildman–Crippen LogP) is 3.46. The van der Waals surface area contributed by atoms with Crippen LogP contribution in [0.3, 0.4) is 0 Å². The molecule has 0 fully saturated rings. The van der Waals surface area contributed by atoms with Crippen molar-refractivity contribution in [2.75, 3.05) is 0 Å². The summed E-state index contributed by atoms with van der Waals surface area (Å²) in [4.78, 5) is 28.3. The van der Waals surface area contributed by atoms with Gasteiger partial charge in [-0.15, -0.1) is 0 Å². The van der Waals surface area contributed by atoms with E-state index in [0.717, 1.165) is 4.47 Å². The van der Waals surface area contributed by atoms with Gasteiger partial charge in [-0.25, -0.2) is 9.78 Å². The third-order valence-corrected chi connectivity index (χ3v) is 4.53. The topological polar surface area (TPSA) is 93.8 Å². The number of carboxylic acids is 1. The molecule has 1 N–H and O–H groups in total. The zero-order valence-electron chi connectivity index (χ0n) is 15.3. The molecule has 0 unspecified atom stereocenters. The molecule has 0 amide bonds. The van der Waals surface area contributed by atoms with Crippen molar-refractivity contribution in [3.8, 4) is 5.75 Å². The number of ether oxygens (including phenoxy) is 1. The number of hydrogen-bond acceptors (Lipinski definition) is 5. The second kappa shape index (κ2) is 8.35. The standard InChI is InChI=1S/C20H18BrN3O4/c1-3-18-23-17-8-7-14(21)10-16(17)19(25)24(18)22-11-13-5-4-6-15(9-13)28-12(2)20(26)27/h4-12H,3H2,1-2H3,(H,26,27)/t12-/m0/s1. The predicted molar refractivity (Wildman–Crippen MR) is 110 cm³/mol. The van der Waals surface area contributed by atoms with Crippen LogP contribution >= 0.6 is 15.9 Å². The molecular formula is C20H18BrN3O4. The normalized spacial score (nSPS) is 12.4. The number of aliphatic carboxylic acids is 1. The molecule has 0 bridgehead atoms. The van der Waals surface area contributed by atoms with Gasteiger partial charge in [0.05, 0.1) is 17.1 Å². The van der Waals surface area contributed by atoms with E-state index in [1.165, 1.54) is 17.8 Å². The lowest BCUT2D eigenvalue weighted by atomic mass is 10.2. The summed E-state index contributed by atoms with van der Waals surface area (Å²) >= 11 is 3.37. The highest BCUT2D eigenvalue weighted by molar-refractivity contribution is 9.10. The molecule has 144 valence electrons. The largest absolute Gasteiger partial charge is 0.479 e. The number of halogens is 1. The Morgan fingerprint density at radius 1 is 1.36 bits per heavy atom. The van der Waals surface area contributed by atoms with Gasteiger partial charge in [0.25, 0.3) is 5.56 Å². The molecule has 0 saturated carbocycles. The number of carbonyl (C=O) groups is 1. The molecule has 2 aromatic carbocycles. The molecule has 0 saturated heterocycles. The Labute approximate surface area is 169 Å². The minimum Gasteiger partial charge on any atom is -0.479 e. The van der Waals surface area contributed by atoms with Gasteiger partial charge in [0, 0.05) is 10.9 Å². The number of aromatic nitrogens is 2. The first-order valence-corrected chi connectivity index (χ1v) is 9.43. The fourth-order valence-electron chi connectivity index (χ4n) is 2.59. The van der Waals surface area contributed by atoms with Crippen molar-refractivity contribution < 1.29 is 14.6 Å². The zero-order chi connectivity index (χ0) is 20.3. The maximum atomic E-state index is 12.9. The summed E-state index contributed by atoms with van der Waals surface area (Å²) in [5, 5.41) is 13.7. The summed E-state index contributed by atoms with van der Waals surface area (Å²) in [5.41, 5.74) is 1.03. The van der Waals surface area contributed by atoms with Gasteiger partial charge < -0.3 is 9.84 Å². The van der Waals surface area contributed by atoms with Gasteiger partial charge in [-0.05, 0) is 42.8 Å². The summed E-state index contributed by atoms with van der Waals surface area (Å²) in [7, 11) is 0. The Morgan fingerprint density at radius 3 is 2.86 bits per heavy atom. The minimum atomic E-state index is -1.05. The first-order chi connectivity index (χ1) is 13.4. The van der Waals surface area contributed by atoms with Crippen molar-refractivity contribution in [3.05, 3.63) is 68.7 Å². The molecule has 0 aliphatic heterocycles. The van der Waals surface area contributed by atoms with Crippen LogP contribution in [0.25, 0.3) is 10.9 Å². The Kier molecular flexibility index (Phi) is 5.89. The molecule has 8 heteroatoms. The quantitative estimate of drug-likeness (QED) is 0.588. The Morgan fingerprint density at radius 2 is 2.14 bits per heavy atom. The van der Waals surface area contributed by atoms with Gasteiger partial charge in [0.1, 0.15) is 11.6 Å². The van der Waals surface area contributed by atoms with Crippen LogP contribution < -0.4 is 10.3 Å². The van der Waals surface area contributed by atoms with E-state index in [0.29, 0.717) is 34.5 Å². The average molecular weight is 444 g/mol. The molecule has 0 radical (unpaired) electrons. The van der Waals surface area contributed by atoms with E-state index < -0.39 is 12.1 Å². The minimum absolute atomic E-state index is 0.258. The lowest BCUT2D eigenvalue weighted by Gasteiger charge is -2.10. The second-order valence-electron chi connectivity index (χ2n) is 6.08. The lowest BCUT2D eigenvalue weighted by molar-refractivity contribution is -0.144. The van der Waals surface area contributed by atoms with Crippen molar-refractivity contribution in [2.45, 2.75) is 26.4 Å². The number of aryl methyl sites for hydroxylation is 1. The highest BCUT2D eigenvalue weighted by Crippen LogP contribution is 2.17. The summed E-state index contributed by atoms with van der Waals surface area (Å²) < 4.78 is 7.43. The number of carboxylic acid groups (broad SMARTS) is 1. The Balaban J connectivity index is 1.98. The number of fused-ring (bicyclic) bond motifs is 1. The summed E-state index contributed by atoms with van der Waals surface area (Å²) in [5.74, 6) is -0.0999. The molecule has 3 aromatic rings. The van der Waals surface area contributed by atoms with Crippen LogP contribution in [0.1, 0.15) is 25.2 Å². The molecule has 28 heavy (non-hydrogen) atoms. The van der Waals surface area contributed by atoms with E-state index in [1.807, 2.05) is 13.0 Å². The maximum absolute atomic E-state index is 12.9. The number of hydrogen-bond donors (Lipinski definition) is 1. The van der Waals surface area contributed by atoms with Gasteiger partial charge in [0.15, 0.2) is 6.10 Å². The summed E-state index contributed by atoms with van der Waals surface area (Å²) in [6, 6.07) is 12.2. The molecule has 0 spiro atoms. The molecular weight excluding hydrogens is 426 g/mol. The van der Waals surface area contributed by atoms with E-state index in [2.05, 4.69) is 26.0 Å². The Hall–Kier alpha value is -3.00. The van der Waals surface area contributed by atoms with E-state index >= 15 is 0 Å². The van der Waals surface area contributed by atoms with Crippen LogP contribution in [0.2, 0.25) is 0 Å². The van der Waals surface area contributed by atoms with Crippen molar-refractivity contribution in [3.63, 3.8) is 0 Å². The van der Waals surface area contributed by atoms with Gasteiger partial charge in [-0.2, -0.15) is 9.78 Å². The van der Waals surface area contributed by atoms with E-state index in [9.17, 15) is 9.59 Å². The first-order valence-electron chi connectivity index (χ1n) is 8.64. The van der Waals surface area contributed by atoms with Gasteiger partial charge >= 0.3 is 5.97 Å². The van der Waals surface area contributed by atoms with E-state index in [-0.39, 0.29) is 5.56 Å². The van der Waals surface area contributed by atoms with Crippen LogP contribution in [0.4, 0.5) is 0 Å². The fourth-order valence-corrected chi connectivity index (χ4v) is 2.95. The van der Waals surface area contributed by atoms with Crippen molar-refractivity contribution in [1.82, 2.24) is 9.66 Å². The zero-order valence-corrected chi connectivity index (χ0v) is 16.9. The van der Waals surface area contributed by atoms with Gasteiger partial charge in [-0.1, -0.05) is 35.0 Å². The Bertz CT molecular complexity index is 1120. The summed E-state index contributed by atoms with van der Waals surface area (Å²) in [6.07, 6.45) is 1.09. The monoisotopic (exact) mass is 443 g/mol. The average Bonchev–Trinajstić information content (AvgIpc) is 2.67. The van der Waals surface area contributed by atoms with Crippen LogP contribution in [0, 0.1) is 0 Å². The number of benzene rings is 2. The molecule has 7 nitrogen and oxygen atoms in total. The van der Waals surface area contributed by atoms with Crippen LogP contribution in [0.15, 0.2) is 56.8 Å². The molecule has 1 heterocycles. The lowest BCUT2D eigenvalue weighted by Crippen LogP contribution is -2.23. The van der Waals surface area contributed by atoms with Crippen LogP contribution in [-0.2, 0) is 11.2 Å². The molecule has 0 aliphatic carbocycles. The number of rotatable bonds is 6. The SMILES string of the molecule is CCc1nc2ccc(Br)cc2c(=O)n1N=Cc1cccc(O[C@@H](C)C(=O)O)c1. The van der Waals surface area contributed by atoms with E-state index in [1.54, 1.807) is 36.4 Å². The molecule has 1 aromatic heterocycles. The van der Waals surface area contributed by atoms with Crippen LogP contribution in [0.5, 0.6) is 5.75 Å². The third kappa shape index (κ3) is 4.28. The highest BCUT2D eigenvalue weighted by atomic mass is 79.9. The number of nitrogens with zero attached hydrogens (tertiary/aromatic N) is 3. The maximum Gasteiger partial charge on any atom is 0.344 e. The molecule has 3 rings (SSSR count). The third-order valence-electron chi connectivity index (χ3n) is 4.03. The second-order valence-corrected chi connectivity index (χ2v) is 6.99. The molecule has 0 aliphatic rings. The van der Waals surface area contributed by atoms with Crippen molar-refractivity contribution in [1.29, 1.82) is 0 Å². The first kappa shape index (κ1) is 19.8. The van der Waals surface area contributed by atoms with E-state index in [4.69, 9.17) is 9.84 Å². The fraction of sp³-hybridized carbons (Fsp3) is 0.200. The smallest absolute Gasteiger partial charge is 0.344 e. The van der Waals surface area contributed by atoms with Crippen molar-refractivity contribution in [2.24, 2.45) is 5.10 Å².